The second-order valence-electron chi connectivity index (χ2n) is 3.82. The van der Waals surface area contributed by atoms with Crippen LogP contribution in [0.1, 0.15) is 5.56 Å². The molecule has 1 heterocycles. The highest BCUT2D eigenvalue weighted by molar-refractivity contribution is 5.81. The largest absolute Gasteiger partial charge is 0.466 e. The topological polar surface area (TPSA) is 56.1 Å². The molecule has 98 valence electrons. The number of para-hydroxylation sites is 1. The minimum absolute atomic E-state index is 0.382. The van der Waals surface area contributed by atoms with Crippen molar-refractivity contribution in [3.8, 4) is 5.69 Å². The number of benzene rings is 1. The smallest absolute Gasteiger partial charge is 0.331 e. The van der Waals surface area contributed by atoms with E-state index in [1.54, 1.807) is 17.1 Å². The maximum Gasteiger partial charge on any atom is 0.331 e. The molecule has 0 atom stereocenters. The zero-order valence-electron chi connectivity index (χ0n) is 10.6. The molecule has 5 heteroatoms. The first kappa shape index (κ1) is 12.9. The zero-order valence-corrected chi connectivity index (χ0v) is 10.6. The maximum atomic E-state index is 10.9. The fourth-order valence-electron chi connectivity index (χ4n) is 1.66. The van der Waals surface area contributed by atoms with Gasteiger partial charge >= 0.3 is 5.97 Å². The molecule has 0 aliphatic carbocycles. The van der Waals surface area contributed by atoms with E-state index >= 15 is 0 Å². The van der Waals surface area contributed by atoms with Crippen LogP contribution in [0, 0.1) is 0 Å². The molecule has 0 aliphatic heterocycles. The number of ether oxygens (including phenoxy) is 1. The van der Waals surface area contributed by atoms with Crippen molar-refractivity contribution < 1.29 is 9.53 Å². The van der Waals surface area contributed by atoms with Crippen molar-refractivity contribution in [3.63, 3.8) is 0 Å². The summed E-state index contributed by atoms with van der Waals surface area (Å²) in [5.74, 6) is -0.382. The second kappa shape index (κ2) is 6.39. The summed E-state index contributed by atoms with van der Waals surface area (Å²) < 4.78 is 6.31. The van der Waals surface area contributed by atoms with Crippen LogP contribution in [0.15, 0.2) is 55.0 Å². The predicted molar refractivity (Wildman–Crippen MR) is 71.6 cm³/mol. The first-order valence-corrected chi connectivity index (χ1v) is 5.87. The lowest BCUT2D eigenvalue weighted by Gasteiger charge is -2.09. The molecule has 0 unspecified atom stereocenters. The van der Waals surface area contributed by atoms with Crippen molar-refractivity contribution in [1.82, 2.24) is 15.1 Å². The Morgan fingerprint density at radius 3 is 3.00 bits per heavy atom. The summed E-state index contributed by atoms with van der Waals surface area (Å²) in [5.41, 5.74) is 2.09. The van der Waals surface area contributed by atoms with Crippen LogP contribution < -0.4 is 5.32 Å². The Labute approximate surface area is 111 Å². The lowest BCUT2D eigenvalue weighted by molar-refractivity contribution is -0.134. The minimum Gasteiger partial charge on any atom is -0.466 e. The van der Waals surface area contributed by atoms with Gasteiger partial charge in [0.15, 0.2) is 0 Å². The van der Waals surface area contributed by atoms with Gasteiger partial charge in [0.05, 0.1) is 12.8 Å². The van der Waals surface area contributed by atoms with E-state index in [0.29, 0.717) is 6.54 Å². The number of methoxy groups -OCH3 is 1. The van der Waals surface area contributed by atoms with Crippen molar-refractivity contribution >= 4 is 5.97 Å². The molecular formula is C14H15N3O2. The van der Waals surface area contributed by atoms with Crippen molar-refractivity contribution in [1.29, 1.82) is 0 Å². The van der Waals surface area contributed by atoms with Gasteiger partial charge in [-0.25, -0.2) is 9.48 Å². The molecule has 0 spiro atoms. The number of nitrogens with zero attached hydrogens (tertiary/aromatic N) is 2. The van der Waals surface area contributed by atoms with E-state index in [2.05, 4.69) is 15.2 Å². The molecule has 5 nitrogen and oxygen atoms in total. The van der Waals surface area contributed by atoms with Gasteiger partial charge < -0.3 is 10.1 Å². The number of aromatic nitrogens is 2. The van der Waals surface area contributed by atoms with Crippen LogP contribution in [0.2, 0.25) is 0 Å². The van der Waals surface area contributed by atoms with Gasteiger partial charge in [0.2, 0.25) is 0 Å². The van der Waals surface area contributed by atoms with Crippen molar-refractivity contribution in [2.24, 2.45) is 0 Å². The molecule has 0 saturated carbocycles. The number of carbonyl (C=O) groups excluding carboxylic acids is 1. The summed E-state index contributed by atoms with van der Waals surface area (Å²) in [6.45, 7) is 0.601. The van der Waals surface area contributed by atoms with Crippen LogP contribution in [0.5, 0.6) is 0 Å². The van der Waals surface area contributed by atoms with Gasteiger partial charge in [-0.1, -0.05) is 18.2 Å². The van der Waals surface area contributed by atoms with E-state index in [1.807, 2.05) is 36.5 Å². The number of rotatable bonds is 5. The van der Waals surface area contributed by atoms with Crippen LogP contribution in [0.25, 0.3) is 5.69 Å². The van der Waals surface area contributed by atoms with Gasteiger partial charge in [-0.05, 0) is 17.7 Å². The number of nitrogens with one attached hydrogen (secondary N) is 1. The van der Waals surface area contributed by atoms with Gasteiger partial charge in [0, 0.05) is 31.2 Å². The lowest BCUT2D eigenvalue weighted by atomic mass is 10.2. The van der Waals surface area contributed by atoms with E-state index in [0.717, 1.165) is 11.3 Å². The van der Waals surface area contributed by atoms with Crippen molar-refractivity contribution in [3.05, 3.63) is 60.6 Å². The fourth-order valence-corrected chi connectivity index (χ4v) is 1.66. The third-order valence-corrected chi connectivity index (χ3v) is 2.57. The lowest BCUT2D eigenvalue weighted by Crippen LogP contribution is -2.09. The van der Waals surface area contributed by atoms with E-state index in [9.17, 15) is 4.79 Å². The van der Waals surface area contributed by atoms with Crippen LogP contribution >= 0.6 is 0 Å². The van der Waals surface area contributed by atoms with Crippen LogP contribution in [0.3, 0.4) is 0 Å². The molecule has 1 N–H and O–H groups in total. The second-order valence-corrected chi connectivity index (χ2v) is 3.82. The van der Waals surface area contributed by atoms with E-state index in [4.69, 9.17) is 0 Å². The normalized spacial score (nSPS) is 10.6. The highest BCUT2D eigenvalue weighted by Gasteiger charge is 2.02. The number of carbonyl (C=O) groups is 1. The number of esters is 1. The van der Waals surface area contributed by atoms with Crippen molar-refractivity contribution in [2.45, 2.75) is 6.54 Å². The molecule has 1 aromatic heterocycles. The third-order valence-electron chi connectivity index (χ3n) is 2.57. The molecular weight excluding hydrogens is 242 g/mol. The summed E-state index contributed by atoms with van der Waals surface area (Å²) in [7, 11) is 1.35. The average molecular weight is 257 g/mol. The maximum absolute atomic E-state index is 10.9. The molecule has 0 fully saturated rings. The molecule has 1 aromatic carbocycles. The SMILES string of the molecule is COC(=O)/C=C/NCc1ccccc1-n1cccn1. The monoisotopic (exact) mass is 257 g/mol. The van der Waals surface area contributed by atoms with E-state index in [-0.39, 0.29) is 5.97 Å². The molecule has 0 bridgehead atoms. The first-order chi connectivity index (χ1) is 9.31. The highest BCUT2D eigenvalue weighted by atomic mass is 16.5. The van der Waals surface area contributed by atoms with Gasteiger partial charge in [-0.15, -0.1) is 0 Å². The summed E-state index contributed by atoms with van der Waals surface area (Å²) in [4.78, 5) is 10.9. The first-order valence-electron chi connectivity index (χ1n) is 5.87. The number of hydrogen-bond acceptors (Lipinski definition) is 4. The molecule has 2 aromatic rings. The van der Waals surface area contributed by atoms with Gasteiger partial charge in [-0.2, -0.15) is 5.10 Å². The van der Waals surface area contributed by atoms with Crippen LogP contribution in [-0.2, 0) is 16.1 Å². The highest BCUT2D eigenvalue weighted by Crippen LogP contribution is 2.12. The predicted octanol–water partition coefficient (Wildman–Crippen LogP) is 1.65. The summed E-state index contributed by atoms with van der Waals surface area (Å²) in [6, 6.07) is 9.81. The Morgan fingerprint density at radius 2 is 2.26 bits per heavy atom. The Hall–Kier alpha value is -2.56. The molecule has 0 aliphatic rings. The van der Waals surface area contributed by atoms with Crippen LogP contribution in [-0.4, -0.2) is 22.9 Å². The Kier molecular flexibility index (Phi) is 4.34. The summed E-state index contributed by atoms with van der Waals surface area (Å²) in [5, 5.41) is 7.26. The average Bonchev–Trinajstić information content (AvgIpc) is 2.97. The Bertz CT molecular complexity index is 562. The standard InChI is InChI=1S/C14H15N3O2/c1-19-14(18)7-9-15-11-12-5-2-3-6-13(12)17-10-4-8-16-17/h2-10,15H,11H2,1H3/b9-7+. The third kappa shape index (κ3) is 3.45. The zero-order chi connectivity index (χ0) is 13.5. The van der Waals surface area contributed by atoms with Gasteiger partial charge in [0.1, 0.15) is 0 Å². The van der Waals surface area contributed by atoms with Crippen LogP contribution in [0.4, 0.5) is 0 Å². The fraction of sp³-hybridized carbons (Fsp3) is 0.143. The minimum atomic E-state index is -0.382. The Morgan fingerprint density at radius 1 is 1.42 bits per heavy atom. The quantitative estimate of drug-likeness (QED) is 0.653. The van der Waals surface area contributed by atoms with E-state index < -0.39 is 0 Å². The molecule has 19 heavy (non-hydrogen) atoms. The van der Waals surface area contributed by atoms with Crippen molar-refractivity contribution in [2.75, 3.05) is 7.11 Å². The van der Waals surface area contributed by atoms with E-state index in [1.165, 1.54) is 13.2 Å². The van der Waals surface area contributed by atoms with Gasteiger partial charge in [-0.3, -0.25) is 0 Å². The van der Waals surface area contributed by atoms with Gasteiger partial charge in [0.25, 0.3) is 0 Å². The Balaban J connectivity index is 2.05. The molecule has 0 saturated heterocycles. The molecule has 0 amide bonds. The number of hydrogen-bond donors (Lipinski definition) is 1. The summed E-state index contributed by atoms with van der Waals surface area (Å²) in [6.07, 6.45) is 6.55. The molecule has 2 rings (SSSR count). The summed E-state index contributed by atoms with van der Waals surface area (Å²) >= 11 is 0. The molecule has 0 radical (unpaired) electrons.